The Hall–Kier alpha value is -1.82. The van der Waals surface area contributed by atoms with Crippen molar-refractivity contribution in [3.63, 3.8) is 0 Å². The maximum atomic E-state index is 12.3. The van der Waals surface area contributed by atoms with Crippen molar-refractivity contribution >= 4 is 5.91 Å². The highest BCUT2D eigenvalue weighted by Crippen LogP contribution is 2.23. The maximum absolute atomic E-state index is 12.3. The van der Waals surface area contributed by atoms with E-state index in [1.165, 1.54) is 0 Å². The molecular formula is C17H22N2O. The molecule has 106 valence electrons. The molecule has 1 aromatic carbocycles. The Morgan fingerprint density at radius 3 is 2.75 bits per heavy atom. The van der Waals surface area contributed by atoms with Gasteiger partial charge in [-0.3, -0.25) is 4.79 Å². The van der Waals surface area contributed by atoms with E-state index in [-0.39, 0.29) is 11.8 Å². The molecule has 1 amide bonds. The normalized spacial score (nSPS) is 17.6. The summed E-state index contributed by atoms with van der Waals surface area (Å²) in [6.07, 6.45) is 2.45. The van der Waals surface area contributed by atoms with Crippen LogP contribution >= 0.6 is 0 Å². The van der Waals surface area contributed by atoms with E-state index in [2.05, 4.69) is 13.0 Å². The van der Waals surface area contributed by atoms with Crippen LogP contribution in [0.5, 0.6) is 0 Å². The lowest BCUT2D eigenvalue weighted by Gasteiger charge is -2.30. The van der Waals surface area contributed by atoms with Gasteiger partial charge in [0, 0.05) is 19.5 Å². The minimum atomic E-state index is -0.332. The fourth-order valence-corrected chi connectivity index (χ4v) is 2.69. The quantitative estimate of drug-likeness (QED) is 0.846. The molecule has 0 spiro atoms. The molecule has 1 heterocycles. The van der Waals surface area contributed by atoms with Gasteiger partial charge in [0.15, 0.2) is 0 Å². The number of amides is 1. The summed E-state index contributed by atoms with van der Waals surface area (Å²) in [5.74, 6) is 0.495. The zero-order valence-electron chi connectivity index (χ0n) is 12.3. The van der Waals surface area contributed by atoms with Gasteiger partial charge in [0.1, 0.15) is 0 Å². The van der Waals surface area contributed by atoms with Crippen molar-refractivity contribution in [1.29, 1.82) is 5.26 Å². The minimum Gasteiger partial charge on any atom is -0.343 e. The van der Waals surface area contributed by atoms with Crippen molar-refractivity contribution < 1.29 is 4.79 Å². The highest BCUT2D eigenvalue weighted by molar-refractivity contribution is 5.77. The second kappa shape index (κ2) is 6.56. The fourth-order valence-electron chi connectivity index (χ4n) is 2.69. The monoisotopic (exact) mass is 270 g/mol. The molecule has 1 fully saturated rings. The number of nitrogens with zero attached hydrogens (tertiary/aromatic N) is 2. The number of carbonyl (C=O) groups excluding carboxylic acids is 1. The summed E-state index contributed by atoms with van der Waals surface area (Å²) in [5.41, 5.74) is 2.08. The lowest BCUT2D eigenvalue weighted by Crippen LogP contribution is -2.38. The number of hydrogen-bond donors (Lipinski definition) is 0. The van der Waals surface area contributed by atoms with Gasteiger partial charge in [-0.1, -0.05) is 36.8 Å². The van der Waals surface area contributed by atoms with Crippen molar-refractivity contribution in [2.75, 3.05) is 13.1 Å². The Balaban J connectivity index is 2.00. The molecule has 2 rings (SSSR count). The molecule has 1 saturated heterocycles. The van der Waals surface area contributed by atoms with Crippen molar-refractivity contribution in [1.82, 2.24) is 4.90 Å². The smallest absolute Gasteiger partial charge is 0.224 e. The number of hydrogen-bond acceptors (Lipinski definition) is 2. The van der Waals surface area contributed by atoms with Gasteiger partial charge >= 0.3 is 0 Å². The SMILES string of the molecule is Cc1cccc(C(C#N)CC(=O)N2CCC(C)CC2)c1. The summed E-state index contributed by atoms with van der Waals surface area (Å²) in [7, 11) is 0. The predicted octanol–water partition coefficient (Wildman–Crippen LogP) is 3.25. The molecule has 0 aliphatic carbocycles. The highest BCUT2D eigenvalue weighted by atomic mass is 16.2. The summed E-state index contributed by atoms with van der Waals surface area (Å²) in [6.45, 7) is 5.91. The number of rotatable bonds is 3. The minimum absolute atomic E-state index is 0.116. The molecule has 0 N–H and O–H groups in total. The van der Waals surface area contributed by atoms with E-state index in [0.29, 0.717) is 12.3 Å². The Morgan fingerprint density at radius 1 is 1.45 bits per heavy atom. The van der Waals surface area contributed by atoms with Crippen LogP contribution in [0.25, 0.3) is 0 Å². The van der Waals surface area contributed by atoms with Gasteiger partial charge in [-0.05, 0) is 31.2 Å². The molecule has 3 heteroatoms. The highest BCUT2D eigenvalue weighted by Gasteiger charge is 2.23. The average Bonchev–Trinajstić information content (AvgIpc) is 2.45. The number of carbonyl (C=O) groups is 1. The van der Waals surface area contributed by atoms with E-state index in [9.17, 15) is 10.1 Å². The van der Waals surface area contributed by atoms with Crippen LogP contribution in [0.15, 0.2) is 24.3 Å². The number of aryl methyl sites for hydroxylation is 1. The molecule has 1 atom stereocenters. The van der Waals surface area contributed by atoms with Crippen LogP contribution in [-0.4, -0.2) is 23.9 Å². The molecular weight excluding hydrogens is 248 g/mol. The lowest BCUT2D eigenvalue weighted by atomic mass is 9.94. The van der Waals surface area contributed by atoms with Crippen LogP contribution in [0, 0.1) is 24.2 Å². The van der Waals surface area contributed by atoms with E-state index >= 15 is 0 Å². The molecule has 1 aliphatic rings. The van der Waals surface area contributed by atoms with Crippen molar-refractivity contribution in [3.8, 4) is 6.07 Å². The first-order chi connectivity index (χ1) is 9.60. The Kier molecular flexibility index (Phi) is 4.79. The van der Waals surface area contributed by atoms with E-state index in [1.807, 2.05) is 36.1 Å². The number of benzene rings is 1. The van der Waals surface area contributed by atoms with Crippen LogP contribution < -0.4 is 0 Å². The summed E-state index contributed by atoms with van der Waals surface area (Å²) < 4.78 is 0. The van der Waals surface area contributed by atoms with E-state index in [0.717, 1.165) is 37.1 Å². The molecule has 1 aliphatic heterocycles. The van der Waals surface area contributed by atoms with Crippen molar-refractivity contribution in [2.24, 2.45) is 5.92 Å². The largest absolute Gasteiger partial charge is 0.343 e. The zero-order chi connectivity index (χ0) is 14.5. The van der Waals surface area contributed by atoms with E-state index in [4.69, 9.17) is 0 Å². The fraction of sp³-hybridized carbons (Fsp3) is 0.529. The van der Waals surface area contributed by atoms with Gasteiger partial charge in [0.25, 0.3) is 0 Å². The van der Waals surface area contributed by atoms with Crippen molar-refractivity contribution in [2.45, 2.75) is 39.0 Å². The van der Waals surface area contributed by atoms with E-state index in [1.54, 1.807) is 0 Å². The number of likely N-dealkylation sites (tertiary alicyclic amines) is 1. The van der Waals surface area contributed by atoms with Crippen LogP contribution in [0.3, 0.4) is 0 Å². The zero-order valence-corrected chi connectivity index (χ0v) is 12.3. The summed E-state index contributed by atoms with van der Waals surface area (Å²) in [5, 5.41) is 9.34. The molecule has 1 aromatic rings. The third-order valence-electron chi connectivity index (χ3n) is 4.12. The third-order valence-corrected chi connectivity index (χ3v) is 4.12. The van der Waals surface area contributed by atoms with Crippen LogP contribution in [0.1, 0.15) is 43.2 Å². The van der Waals surface area contributed by atoms with Gasteiger partial charge in [-0.25, -0.2) is 0 Å². The van der Waals surface area contributed by atoms with Crippen LogP contribution in [0.2, 0.25) is 0 Å². The number of nitriles is 1. The second-order valence-electron chi connectivity index (χ2n) is 5.86. The topological polar surface area (TPSA) is 44.1 Å². The molecule has 0 radical (unpaired) electrons. The van der Waals surface area contributed by atoms with Gasteiger partial charge in [-0.15, -0.1) is 0 Å². The molecule has 3 nitrogen and oxygen atoms in total. The summed E-state index contributed by atoms with van der Waals surface area (Å²) >= 11 is 0. The summed E-state index contributed by atoms with van der Waals surface area (Å²) in [6, 6.07) is 10.2. The van der Waals surface area contributed by atoms with Crippen LogP contribution in [0.4, 0.5) is 0 Å². The predicted molar refractivity (Wildman–Crippen MR) is 79.1 cm³/mol. The lowest BCUT2D eigenvalue weighted by molar-refractivity contribution is -0.132. The van der Waals surface area contributed by atoms with Crippen molar-refractivity contribution in [3.05, 3.63) is 35.4 Å². The molecule has 1 unspecified atom stereocenters. The molecule has 0 aromatic heterocycles. The first kappa shape index (κ1) is 14.6. The number of piperidine rings is 1. The first-order valence-electron chi connectivity index (χ1n) is 7.34. The second-order valence-corrected chi connectivity index (χ2v) is 5.86. The molecule has 0 bridgehead atoms. The summed E-state index contributed by atoms with van der Waals surface area (Å²) in [4.78, 5) is 14.2. The maximum Gasteiger partial charge on any atom is 0.224 e. The van der Waals surface area contributed by atoms with Gasteiger partial charge in [0.2, 0.25) is 5.91 Å². The van der Waals surface area contributed by atoms with Gasteiger partial charge in [-0.2, -0.15) is 5.26 Å². The first-order valence-corrected chi connectivity index (χ1v) is 7.34. The third kappa shape index (κ3) is 3.60. The van der Waals surface area contributed by atoms with E-state index < -0.39 is 0 Å². The standard InChI is InChI=1S/C17H22N2O/c1-13-6-8-19(9-7-13)17(20)11-16(12-18)15-5-3-4-14(2)10-15/h3-5,10,13,16H,6-9,11H2,1-2H3. The average molecular weight is 270 g/mol. The molecule has 0 saturated carbocycles. The van der Waals surface area contributed by atoms with Gasteiger partial charge in [0.05, 0.1) is 12.0 Å². The van der Waals surface area contributed by atoms with Crippen LogP contribution in [-0.2, 0) is 4.79 Å². The Morgan fingerprint density at radius 2 is 2.15 bits per heavy atom. The Bertz CT molecular complexity index is 510. The molecule has 20 heavy (non-hydrogen) atoms. The Labute approximate surface area is 121 Å². The van der Waals surface area contributed by atoms with Gasteiger partial charge < -0.3 is 4.90 Å².